The quantitative estimate of drug-likeness (QED) is 0.453. The molecule has 0 aliphatic heterocycles. The van der Waals surface area contributed by atoms with Crippen molar-refractivity contribution in [3.05, 3.63) is 88.2 Å². The van der Waals surface area contributed by atoms with Crippen molar-refractivity contribution in [3.63, 3.8) is 0 Å². The SMILES string of the molecule is CCOc1cc(CNCc2ccncc2)cc(Br)c1OCc1ccccc1.Cl. The van der Waals surface area contributed by atoms with Gasteiger partial charge in [0.15, 0.2) is 11.5 Å². The fourth-order valence-corrected chi connectivity index (χ4v) is 3.31. The molecule has 1 heterocycles. The summed E-state index contributed by atoms with van der Waals surface area (Å²) in [4.78, 5) is 4.04. The lowest BCUT2D eigenvalue weighted by Gasteiger charge is -2.16. The predicted octanol–water partition coefficient (Wildman–Crippen LogP) is 5.53. The number of halogens is 2. The molecule has 3 rings (SSSR count). The molecule has 0 atom stereocenters. The van der Waals surface area contributed by atoms with Gasteiger partial charge >= 0.3 is 0 Å². The van der Waals surface area contributed by atoms with Gasteiger partial charge in [0.1, 0.15) is 6.61 Å². The van der Waals surface area contributed by atoms with Crippen LogP contribution in [0.25, 0.3) is 0 Å². The third-order valence-electron chi connectivity index (χ3n) is 4.00. The van der Waals surface area contributed by atoms with Crippen LogP contribution < -0.4 is 14.8 Å². The first kappa shape index (κ1) is 22.2. The molecule has 6 heteroatoms. The van der Waals surface area contributed by atoms with E-state index in [2.05, 4.69) is 32.3 Å². The minimum atomic E-state index is 0. The largest absolute Gasteiger partial charge is 0.490 e. The molecule has 0 amide bonds. The van der Waals surface area contributed by atoms with Gasteiger partial charge in [-0.2, -0.15) is 0 Å². The second kappa shape index (κ2) is 11.7. The summed E-state index contributed by atoms with van der Waals surface area (Å²) in [5.41, 5.74) is 3.46. The maximum absolute atomic E-state index is 6.04. The molecule has 0 saturated carbocycles. The summed E-state index contributed by atoms with van der Waals surface area (Å²) in [6.45, 7) is 4.58. The Labute approximate surface area is 180 Å². The van der Waals surface area contributed by atoms with Crippen LogP contribution in [-0.4, -0.2) is 11.6 Å². The van der Waals surface area contributed by atoms with Gasteiger partial charge in [0.25, 0.3) is 0 Å². The molecule has 0 radical (unpaired) electrons. The van der Waals surface area contributed by atoms with Crippen LogP contribution in [-0.2, 0) is 19.7 Å². The van der Waals surface area contributed by atoms with E-state index in [4.69, 9.17) is 9.47 Å². The van der Waals surface area contributed by atoms with Crippen molar-refractivity contribution in [2.75, 3.05) is 6.61 Å². The van der Waals surface area contributed by atoms with Crippen molar-refractivity contribution < 1.29 is 9.47 Å². The first-order chi connectivity index (χ1) is 13.3. The van der Waals surface area contributed by atoms with Gasteiger partial charge < -0.3 is 14.8 Å². The highest BCUT2D eigenvalue weighted by Gasteiger charge is 2.12. The van der Waals surface area contributed by atoms with Crippen molar-refractivity contribution in [1.29, 1.82) is 0 Å². The Morgan fingerprint density at radius 2 is 1.61 bits per heavy atom. The van der Waals surface area contributed by atoms with Crippen LogP contribution in [0.3, 0.4) is 0 Å². The molecule has 1 aromatic heterocycles. The Morgan fingerprint density at radius 1 is 0.893 bits per heavy atom. The maximum Gasteiger partial charge on any atom is 0.175 e. The van der Waals surface area contributed by atoms with Crippen molar-refractivity contribution in [2.45, 2.75) is 26.6 Å². The Morgan fingerprint density at radius 3 is 2.32 bits per heavy atom. The average Bonchev–Trinajstić information content (AvgIpc) is 2.69. The van der Waals surface area contributed by atoms with Crippen molar-refractivity contribution in [3.8, 4) is 11.5 Å². The highest BCUT2D eigenvalue weighted by Crippen LogP contribution is 2.37. The molecular weight excluding hydrogens is 440 g/mol. The van der Waals surface area contributed by atoms with E-state index >= 15 is 0 Å². The Kier molecular flexibility index (Phi) is 9.28. The van der Waals surface area contributed by atoms with E-state index in [-0.39, 0.29) is 12.4 Å². The number of hydrogen-bond donors (Lipinski definition) is 1. The molecule has 3 aromatic rings. The number of nitrogens with one attached hydrogen (secondary N) is 1. The summed E-state index contributed by atoms with van der Waals surface area (Å²) < 4.78 is 12.8. The number of rotatable bonds is 9. The van der Waals surface area contributed by atoms with Crippen molar-refractivity contribution in [1.82, 2.24) is 10.3 Å². The summed E-state index contributed by atoms with van der Waals surface area (Å²) in [7, 11) is 0. The van der Waals surface area contributed by atoms with Crippen LogP contribution in [0.1, 0.15) is 23.6 Å². The molecule has 2 aromatic carbocycles. The second-order valence-corrected chi connectivity index (χ2v) is 6.93. The molecule has 0 aliphatic carbocycles. The minimum Gasteiger partial charge on any atom is -0.490 e. The molecule has 28 heavy (non-hydrogen) atoms. The maximum atomic E-state index is 6.04. The highest BCUT2D eigenvalue weighted by molar-refractivity contribution is 9.10. The number of nitrogens with zero attached hydrogens (tertiary/aromatic N) is 1. The first-order valence-electron chi connectivity index (χ1n) is 8.98. The van der Waals surface area contributed by atoms with Crippen molar-refractivity contribution >= 4 is 28.3 Å². The van der Waals surface area contributed by atoms with Gasteiger partial charge in [-0.15, -0.1) is 12.4 Å². The first-order valence-corrected chi connectivity index (χ1v) is 9.77. The van der Waals surface area contributed by atoms with Crippen LogP contribution in [0.15, 0.2) is 71.5 Å². The monoisotopic (exact) mass is 462 g/mol. The van der Waals surface area contributed by atoms with E-state index in [1.807, 2.05) is 55.5 Å². The van der Waals surface area contributed by atoms with Gasteiger partial charge in [-0.3, -0.25) is 4.98 Å². The lowest BCUT2D eigenvalue weighted by Crippen LogP contribution is -2.13. The van der Waals surface area contributed by atoms with Crippen LogP contribution in [0.2, 0.25) is 0 Å². The Balaban J connectivity index is 0.00000280. The van der Waals surface area contributed by atoms with Crippen LogP contribution in [0.5, 0.6) is 11.5 Å². The van der Waals surface area contributed by atoms with E-state index in [1.165, 1.54) is 5.56 Å². The lowest BCUT2D eigenvalue weighted by atomic mass is 10.2. The zero-order valence-electron chi connectivity index (χ0n) is 15.7. The number of benzene rings is 2. The molecular formula is C22H24BrClN2O2. The van der Waals surface area contributed by atoms with E-state index in [1.54, 1.807) is 12.4 Å². The summed E-state index contributed by atoms with van der Waals surface area (Å²) in [6, 6.07) is 18.2. The summed E-state index contributed by atoms with van der Waals surface area (Å²) >= 11 is 3.64. The fraction of sp³-hybridized carbons (Fsp3) is 0.227. The van der Waals surface area contributed by atoms with Gasteiger partial charge in [-0.05, 0) is 63.8 Å². The Hall–Kier alpha value is -2.08. The average molecular weight is 464 g/mol. The molecule has 0 unspecified atom stereocenters. The predicted molar refractivity (Wildman–Crippen MR) is 118 cm³/mol. The van der Waals surface area contributed by atoms with Gasteiger partial charge in [-0.1, -0.05) is 30.3 Å². The number of hydrogen-bond acceptors (Lipinski definition) is 4. The van der Waals surface area contributed by atoms with Gasteiger partial charge in [0.05, 0.1) is 11.1 Å². The smallest absolute Gasteiger partial charge is 0.175 e. The summed E-state index contributed by atoms with van der Waals surface area (Å²) in [5, 5.41) is 3.45. The minimum absolute atomic E-state index is 0. The topological polar surface area (TPSA) is 43.4 Å². The highest BCUT2D eigenvalue weighted by atomic mass is 79.9. The van der Waals surface area contributed by atoms with E-state index in [0.717, 1.165) is 40.2 Å². The number of ether oxygens (including phenoxy) is 2. The fourth-order valence-electron chi connectivity index (χ4n) is 2.71. The standard InChI is InChI=1S/C22H23BrN2O2.ClH/c1-2-26-21-13-19(15-25-14-17-8-10-24-11-9-17)12-20(23)22(21)27-16-18-6-4-3-5-7-18;/h3-13,25H,2,14-16H2,1H3;1H. The summed E-state index contributed by atoms with van der Waals surface area (Å²) in [5.74, 6) is 1.49. The molecule has 0 saturated heterocycles. The zero-order valence-corrected chi connectivity index (χ0v) is 18.1. The van der Waals surface area contributed by atoms with Gasteiger partial charge in [0.2, 0.25) is 0 Å². The summed E-state index contributed by atoms with van der Waals surface area (Å²) in [6.07, 6.45) is 3.61. The van der Waals surface area contributed by atoms with Crippen LogP contribution in [0, 0.1) is 0 Å². The van der Waals surface area contributed by atoms with Crippen LogP contribution in [0.4, 0.5) is 0 Å². The molecule has 0 bridgehead atoms. The van der Waals surface area contributed by atoms with Crippen LogP contribution >= 0.6 is 28.3 Å². The second-order valence-electron chi connectivity index (χ2n) is 6.07. The molecule has 4 nitrogen and oxygen atoms in total. The molecule has 148 valence electrons. The van der Waals surface area contributed by atoms with Crippen molar-refractivity contribution in [2.24, 2.45) is 0 Å². The number of aromatic nitrogens is 1. The van der Waals surface area contributed by atoms with Gasteiger partial charge in [0, 0.05) is 25.5 Å². The normalized spacial score (nSPS) is 10.2. The third kappa shape index (κ3) is 6.51. The van der Waals surface area contributed by atoms with E-state index in [0.29, 0.717) is 13.2 Å². The zero-order chi connectivity index (χ0) is 18.9. The number of pyridine rings is 1. The van der Waals surface area contributed by atoms with E-state index < -0.39 is 0 Å². The molecule has 1 N–H and O–H groups in total. The lowest BCUT2D eigenvalue weighted by molar-refractivity contribution is 0.267. The molecule has 0 spiro atoms. The van der Waals surface area contributed by atoms with E-state index in [9.17, 15) is 0 Å². The Bertz CT molecular complexity index is 848. The molecule has 0 fully saturated rings. The third-order valence-corrected chi connectivity index (χ3v) is 4.59. The molecule has 0 aliphatic rings. The van der Waals surface area contributed by atoms with Gasteiger partial charge in [-0.25, -0.2) is 0 Å².